The first-order chi connectivity index (χ1) is 9.30. The average Bonchev–Trinajstić information content (AvgIpc) is 2.33. The predicted octanol–water partition coefficient (Wildman–Crippen LogP) is 4.44. The first-order valence-corrected chi connectivity index (χ1v) is 7.65. The largest absolute Gasteiger partial charge is 0.366 e. The molecule has 1 aromatic rings. The summed E-state index contributed by atoms with van der Waals surface area (Å²) in [5, 5.41) is 14.3. The minimum absolute atomic E-state index is 0.0476. The molecule has 6 heteroatoms. The Hall–Kier alpha value is -1.17. The van der Waals surface area contributed by atoms with Crippen molar-refractivity contribution < 1.29 is 4.92 Å². The Labute approximate surface area is 127 Å². The molecule has 1 fully saturated rings. The molecule has 1 aliphatic rings. The summed E-state index contributed by atoms with van der Waals surface area (Å²) in [6.45, 7) is 6.30. The summed E-state index contributed by atoms with van der Waals surface area (Å²) in [7, 11) is 0. The van der Waals surface area contributed by atoms with Crippen LogP contribution in [0.2, 0.25) is 0 Å². The number of hydrogen-bond acceptors (Lipinski definition) is 4. The maximum Gasteiger partial charge on any atom is 0.291 e. The fraction of sp³-hybridized carbons (Fsp3) is 0.643. The third-order valence-corrected chi connectivity index (χ3v) is 4.95. The first-order valence-electron chi connectivity index (χ1n) is 6.86. The van der Waals surface area contributed by atoms with Crippen LogP contribution in [0, 0.1) is 22.5 Å². The van der Waals surface area contributed by atoms with E-state index in [9.17, 15) is 10.1 Å². The molecule has 0 spiro atoms. The molecule has 1 unspecified atom stereocenters. The molecule has 1 aromatic heterocycles. The minimum Gasteiger partial charge on any atom is -0.366 e. The molecule has 5 nitrogen and oxygen atoms in total. The smallest absolute Gasteiger partial charge is 0.291 e. The molecule has 20 heavy (non-hydrogen) atoms. The second kappa shape index (κ2) is 5.68. The molecule has 0 aliphatic heterocycles. The normalized spacial score (nSPS) is 21.5. The van der Waals surface area contributed by atoms with Crippen LogP contribution in [-0.4, -0.2) is 15.9 Å². The molecule has 110 valence electrons. The van der Waals surface area contributed by atoms with Crippen molar-refractivity contribution in [1.82, 2.24) is 4.98 Å². The molecule has 1 atom stereocenters. The van der Waals surface area contributed by atoms with E-state index in [-0.39, 0.29) is 5.69 Å². The van der Waals surface area contributed by atoms with Gasteiger partial charge >= 0.3 is 0 Å². The van der Waals surface area contributed by atoms with Gasteiger partial charge in [-0.3, -0.25) is 10.1 Å². The van der Waals surface area contributed by atoms with Crippen LogP contribution in [0.25, 0.3) is 0 Å². The van der Waals surface area contributed by atoms with Crippen molar-refractivity contribution in [3.63, 3.8) is 0 Å². The highest BCUT2D eigenvalue weighted by atomic mass is 79.9. The number of anilines is 1. The van der Waals surface area contributed by atoms with Gasteiger partial charge in [0, 0.05) is 11.6 Å². The number of hydrogen-bond donors (Lipinski definition) is 1. The zero-order valence-corrected chi connectivity index (χ0v) is 13.7. The Balaban J connectivity index is 2.18. The molecule has 0 radical (unpaired) electrons. The van der Waals surface area contributed by atoms with Gasteiger partial charge in [-0.2, -0.15) is 0 Å². The van der Waals surface area contributed by atoms with Gasteiger partial charge in [-0.25, -0.2) is 4.98 Å². The highest BCUT2D eigenvalue weighted by Gasteiger charge is 2.29. The fourth-order valence-electron chi connectivity index (χ4n) is 2.87. The van der Waals surface area contributed by atoms with Crippen molar-refractivity contribution in [3.8, 4) is 0 Å². The maximum atomic E-state index is 10.9. The van der Waals surface area contributed by atoms with Crippen LogP contribution in [-0.2, 0) is 0 Å². The van der Waals surface area contributed by atoms with Crippen LogP contribution in [0.4, 0.5) is 11.5 Å². The molecule has 0 saturated heterocycles. The van der Waals surface area contributed by atoms with Gasteiger partial charge in [0.05, 0.1) is 9.40 Å². The van der Waals surface area contributed by atoms with Crippen LogP contribution in [0.5, 0.6) is 0 Å². The molecule has 1 aliphatic carbocycles. The Morgan fingerprint density at radius 2 is 2.25 bits per heavy atom. The molecule has 0 amide bonds. The van der Waals surface area contributed by atoms with E-state index in [0.717, 1.165) is 12.8 Å². The number of rotatable bonds is 3. The summed E-state index contributed by atoms with van der Waals surface area (Å²) < 4.78 is 0.690. The molecule has 2 rings (SSSR count). The van der Waals surface area contributed by atoms with Gasteiger partial charge in [0.2, 0.25) is 0 Å². The van der Waals surface area contributed by atoms with E-state index in [1.807, 2.05) is 0 Å². The number of nitro groups is 1. The minimum atomic E-state index is -0.402. The monoisotopic (exact) mass is 341 g/mol. The summed E-state index contributed by atoms with van der Waals surface area (Å²) in [5.74, 6) is 0.704. The summed E-state index contributed by atoms with van der Waals surface area (Å²) in [6, 6.07) is 0.378. The van der Waals surface area contributed by atoms with Gasteiger partial charge in [-0.05, 0) is 47.5 Å². The fourth-order valence-corrected chi connectivity index (χ4v) is 3.29. The molecule has 0 aromatic carbocycles. The van der Waals surface area contributed by atoms with E-state index in [2.05, 4.69) is 40.1 Å². The van der Waals surface area contributed by atoms with Crippen LogP contribution in [0.1, 0.15) is 45.1 Å². The quantitative estimate of drug-likeness (QED) is 0.651. The van der Waals surface area contributed by atoms with Crippen molar-refractivity contribution in [1.29, 1.82) is 0 Å². The molecular weight excluding hydrogens is 322 g/mol. The van der Waals surface area contributed by atoms with E-state index < -0.39 is 4.92 Å². The summed E-state index contributed by atoms with van der Waals surface area (Å²) >= 11 is 3.43. The Bertz CT molecular complexity index is 531. The van der Waals surface area contributed by atoms with Gasteiger partial charge in [0.1, 0.15) is 12.0 Å². The number of nitrogens with one attached hydrogen (secondary N) is 1. The van der Waals surface area contributed by atoms with Crippen molar-refractivity contribution in [2.75, 3.05) is 5.32 Å². The first kappa shape index (κ1) is 15.2. The van der Waals surface area contributed by atoms with E-state index in [0.29, 0.717) is 27.3 Å². The Morgan fingerprint density at radius 3 is 2.85 bits per heavy atom. The van der Waals surface area contributed by atoms with Gasteiger partial charge in [0.15, 0.2) is 0 Å². The van der Waals surface area contributed by atoms with Crippen LogP contribution in [0.15, 0.2) is 10.7 Å². The zero-order valence-electron chi connectivity index (χ0n) is 12.1. The van der Waals surface area contributed by atoms with E-state index in [4.69, 9.17) is 0 Å². The third-order valence-electron chi connectivity index (χ3n) is 3.98. The maximum absolute atomic E-state index is 10.9. The highest BCUT2D eigenvalue weighted by Crippen LogP contribution is 2.38. The molecule has 0 bridgehead atoms. The highest BCUT2D eigenvalue weighted by molar-refractivity contribution is 9.10. The second-order valence-corrected chi connectivity index (χ2v) is 7.08. The summed E-state index contributed by atoms with van der Waals surface area (Å²) in [4.78, 5) is 14.7. The topological polar surface area (TPSA) is 68.1 Å². The molecule has 1 saturated carbocycles. The van der Waals surface area contributed by atoms with Crippen molar-refractivity contribution >= 4 is 27.4 Å². The molecular formula is C14H20BrN3O2. The van der Waals surface area contributed by atoms with Gasteiger partial charge in [-0.1, -0.05) is 20.3 Å². The van der Waals surface area contributed by atoms with E-state index in [1.165, 1.54) is 19.0 Å². The Morgan fingerprint density at radius 1 is 1.55 bits per heavy atom. The number of aromatic nitrogens is 1. The van der Waals surface area contributed by atoms with Crippen molar-refractivity contribution in [2.45, 2.75) is 52.5 Å². The van der Waals surface area contributed by atoms with Gasteiger partial charge < -0.3 is 5.32 Å². The lowest BCUT2D eigenvalue weighted by Gasteiger charge is -2.36. The van der Waals surface area contributed by atoms with Gasteiger partial charge in [-0.15, -0.1) is 0 Å². The third kappa shape index (κ3) is 3.29. The summed E-state index contributed by atoms with van der Waals surface area (Å²) in [5.41, 5.74) is 1.01. The summed E-state index contributed by atoms with van der Waals surface area (Å²) in [6.07, 6.45) is 5.99. The van der Waals surface area contributed by atoms with Crippen LogP contribution < -0.4 is 5.32 Å². The molecule has 1 N–H and O–H groups in total. The number of nitrogens with zero attached hydrogens (tertiary/aromatic N) is 2. The van der Waals surface area contributed by atoms with Gasteiger partial charge in [0.25, 0.3) is 5.69 Å². The van der Waals surface area contributed by atoms with Crippen molar-refractivity contribution in [2.24, 2.45) is 5.41 Å². The van der Waals surface area contributed by atoms with E-state index >= 15 is 0 Å². The standard InChI is InChI=1S/C14H20BrN3O2/c1-9-11(18(19)20)8-16-13(12(9)15)17-10-5-4-6-14(2,3)7-10/h8,10H,4-7H2,1-3H3,(H,16,17). The second-order valence-electron chi connectivity index (χ2n) is 6.29. The lowest BCUT2D eigenvalue weighted by molar-refractivity contribution is -0.385. The lowest BCUT2D eigenvalue weighted by Crippen LogP contribution is -2.32. The van der Waals surface area contributed by atoms with Crippen LogP contribution in [0.3, 0.4) is 0 Å². The molecule has 1 heterocycles. The van der Waals surface area contributed by atoms with E-state index in [1.54, 1.807) is 6.92 Å². The number of halogens is 1. The Kier molecular flexibility index (Phi) is 4.32. The average molecular weight is 342 g/mol. The predicted molar refractivity (Wildman–Crippen MR) is 83.0 cm³/mol. The SMILES string of the molecule is Cc1c([N+](=O)[O-])cnc(NC2CCCC(C)(C)C2)c1Br. The zero-order chi connectivity index (χ0) is 14.9. The van der Waals surface area contributed by atoms with Crippen molar-refractivity contribution in [3.05, 3.63) is 26.3 Å². The van der Waals surface area contributed by atoms with Crippen LogP contribution >= 0.6 is 15.9 Å². The lowest BCUT2D eigenvalue weighted by atomic mass is 9.75. The number of pyridine rings is 1.